The lowest BCUT2D eigenvalue weighted by Crippen LogP contribution is -2.30. The molecule has 0 aliphatic rings. The van der Waals surface area contributed by atoms with Crippen molar-refractivity contribution in [1.29, 1.82) is 0 Å². The summed E-state index contributed by atoms with van der Waals surface area (Å²) in [6.45, 7) is 0. The molecule has 3 aromatic carbocycles. The lowest BCUT2D eigenvalue weighted by atomic mass is 10.1. The molecular weight excluding hydrogens is 390 g/mol. The Labute approximate surface area is 179 Å². The average Bonchev–Trinajstić information content (AvgIpc) is 3.21. The number of carbonyl (C=O) groups excluding carboxylic acids is 2. The largest absolute Gasteiger partial charge is 0.497 e. The summed E-state index contributed by atoms with van der Waals surface area (Å²) in [7, 11) is 1.60. The highest BCUT2D eigenvalue weighted by molar-refractivity contribution is 6.11. The molecule has 1 aromatic heterocycles. The molecule has 3 N–H and O–H groups in total. The highest BCUT2D eigenvalue weighted by Crippen LogP contribution is 2.25. The summed E-state index contributed by atoms with van der Waals surface area (Å²) in [5.74, 6) is -0.0921. The number of aromatic nitrogens is 1. The van der Waals surface area contributed by atoms with E-state index in [1.54, 1.807) is 55.8 Å². The van der Waals surface area contributed by atoms with Crippen LogP contribution in [-0.4, -0.2) is 23.9 Å². The van der Waals surface area contributed by atoms with Gasteiger partial charge in [-0.1, -0.05) is 36.4 Å². The van der Waals surface area contributed by atoms with E-state index in [2.05, 4.69) is 15.6 Å². The number of amides is 2. The van der Waals surface area contributed by atoms with E-state index in [-0.39, 0.29) is 11.6 Å². The second kappa shape index (κ2) is 9.00. The topological polar surface area (TPSA) is 83.2 Å². The van der Waals surface area contributed by atoms with Gasteiger partial charge in [-0.3, -0.25) is 9.59 Å². The number of carbonyl (C=O) groups is 2. The molecule has 0 saturated carbocycles. The van der Waals surface area contributed by atoms with Crippen LogP contribution in [0.3, 0.4) is 0 Å². The van der Waals surface area contributed by atoms with Crippen molar-refractivity contribution in [3.05, 3.63) is 102 Å². The van der Waals surface area contributed by atoms with Crippen molar-refractivity contribution in [3.8, 4) is 5.75 Å². The highest BCUT2D eigenvalue weighted by Gasteiger charge is 2.16. The average molecular weight is 411 g/mol. The zero-order chi connectivity index (χ0) is 21.6. The van der Waals surface area contributed by atoms with Gasteiger partial charge in [-0.15, -0.1) is 0 Å². The van der Waals surface area contributed by atoms with Gasteiger partial charge in [0.25, 0.3) is 11.8 Å². The predicted octanol–water partition coefficient (Wildman–Crippen LogP) is 4.59. The van der Waals surface area contributed by atoms with E-state index in [0.717, 1.165) is 16.5 Å². The van der Waals surface area contributed by atoms with Gasteiger partial charge in [0, 0.05) is 33.9 Å². The van der Waals surface area contributed by atoms with Gasteiger partial charge in [-0.05, 0) is 48.5 Å². The Morgan fingerprint density at radius 2 is 1.65 bits per heavy atom. The number of hydrogen-bond acceptors (Lipinski definition) is 3. The Balaban J connectivity index is 1.70. The van der Waals surface area contributed by atoms with Gasteiger partial charge in [0.2, 0.25) is 0 Å². The van der Waals surface area contributed by atoms with Gasteiger partial charge in [-0.2, -0.15) is 0 Å². The number of nitrogens with one attached hydrogen (secondary N) is 3. The number of ether oxygens (including phenoxy) is 1. The van der Waals surface area contributed by atoms with Gasteiger partial charge in [0.1, 0.15) is 11.4 Å². The molecule has 31 heavy (non-hydrogen) atoms. The number of H-pyrrole nitrogens is 1. The fourth-order valence-electron chi connectivity index (χ4n) is 3.19. The summed E-state index contributed by atoms with van der Waals surface area (Å²) in [6, 6.07) is 23.5. The Bertz CT molecular complexity index is 1250. The third kappa shape index (κ3) is 4.64. The molecule has 6 nitrogen and oxygen atoms in total. The third-order valence-electron chi connectivity index (χ3n) is 4.78. The molecule has 0 saturated heterocycles. The van der Waals surface area contributed by atoms with Gasteiger partial charge in [0.15, 0.2) is 0 Å². The number of aromatic amines is 1. The lowest BCUT2D eigenvalue weighted by molar-refractivity contribution is -0.113. The predicted molar refractivity (Wildman–Crippen MR) is 122 cm³/mol. The smallest absolute Gasteiger partial charge is 0.272 e. The Hall–Kier alpha value is -4.32. The highest BCUT2D eigenvalue weighted by atomic mass is 16.5. The van der Waals surface area contributed by atoms with E-state index in [4.69, 9.17) is 4.74 Å². The van der Waals surface area contributed by atoms with E-state index in [1.807, 2.05) is 42.5 Å². The van der Waals surface area contributed by atoms with Crippen molar-refractivity contribution in [2.75, 3.05) is 12.4 Å². The van der Waals surface area contributed by atoms with E-state index in [0.29, 0.717) is 17.0 Å². The molecule has 2 amide bonds. The number of methoxy groups -OCH3 is 1. The summed E-state index contributed by atoms with van der Waals surface area (Å²) >= 11 is 0. The second-order valence-corrected chi connectivity index (χ2v) is 6.85. The molecule has 154 valence electrons. The normalized spacial score (nSPS) is 11.2. The summed E-state index contributed by atoms with van der Waals surface area (Å²) in [6.07, 6.45) is 3.44. The summed E-state index contributed by atoms with van der Waals surface area (Å²) in [5, 5.41) is 6.45. The van der Waals surface area contributed by atoms with Crippen LogP contribution >= 0.6 is 0 Å². The molecule has 0 radical (unpaired) electrons. The lowest BCUT2D eigenvalue weighted by Gasteiger charge is -2.11. The third-order valence-corrected chi connectivity index (χ3v) is 4.78. The van der Waals surface area contributed by atoms with Crippen molar-refractivity contribution in [1.82, 2.24) is 10.3 Å². The number of rotatable bonds is 6. The van der Waals surface area contributed by atoms with Crippen molar-refractivity contribution in [3.63, 3.8) is 0 Å². The Kier molecular flexibility index (Phi) is 5.80. The van der Waals surface area contributed by atoms with Crippen molar-refractivity contribution < 1.29 is 14.3 Å². The molecular formula is C25H21N3O3. The van der Waals surface area contributed by atoms with Crippen LogP contribution in [0.25, 0.3) is 17.0 Å². The van der Waals surface area contributed by atoms with Crippen LogP contribution in [0.15, 0.2) is 90.8 Å². The molecule has 4 rings (SSSR count). The SMILES string of the molecule is COc1ccc2[nH]cc(C=C(NC(=O)c3ccccc3)C(=O)Nc3ccccc3)c2c1. The van der Waals surface area contributed by atoms with Crippen LogP contribution in [0, 0.1) is 0 Å². The monoisotopic (exact) mass is 411 g/mol. The van der Waals surface area contributed by atoms with Gasteiger partial charge in [0.05, 0.1) is 7.11 Å². The Morgan fingerprint density at radius 1 is 0.935 bits per heavy atom. The molecule has 1 heterocycles. The van der Waals surface area contributed by atoms with E-state index < -0.39 is 5.91 Å². The molecule has 0 aliphatic carbocycles. The number of anilines is 1. The fourth-order valence-corrected chi connectivity index (χ4v) is 3.19. The van der Waals surface area contributed by atoms with Gasteiger partial charge >= 0.3 is 0 Å². The minimum Gasteiger partial charge on any atom is -0.497 e. The number of fused-ring (bicyclic) bond motifs is 1. The Morgan fingerprint density at radius 3 is 2.35 bits per heavy atom. The van der Waals surface area contributed by atoms with Crippen LogP contribution in [0.5, 0.6) is 5.75 Å². The zero-order valence-corrected chi connectivity index (χ0v) is 16.9. The molecule has 0 atom stereocenters. The molecule has 6 heteroatoms. The quantitative estimate of drug-likeness (QED) is 0.406. The van der Waals surface area contributed by atoms with Crippen LogP contribution in [0.4, 0.5) is 5.69 Å². The van der Waals surface area contributed by atoms with Crippen LogP contribution in [0.2, 0.25) is 0 Å². The molecule has 0 fully saturated rings. The molecule has 0 unspecified atom stereocenters. The minimum atomic E-state index is -0.423. The molecule has 0 spiro atoms. The van der Waals surface area contributed by atoms with Crippen molar-refractivity contribution in [2.45, 2.75) is 0 Å². The molecule has 4 aromatic rings. The number of benzene rings is 3. The van der Waals surface area contributed by atoms with Gasteiger partial charge in [-0.25, -0.2) is 0 Å². The summed E-state index contributed by atoms with van der Waals surface area (Å²) in [4.78, 5) is 29.0. The molecule has 0 bridgehead atoms. The number of hydrogen-bond donors (Lipinski definition) is 3. The first kappa shape index (κ1) is 20.0. The van der Waals surface area contributed by atoms with Crippen LogP contribution in [0.1, 0.15) is 15.9 Å². The first-order valence-electron chi connectivity index (χ1n) is 9.73. The van der Waals surface area contributed by atoms with E-state index in [1.165, 1.54) is 0 Å². The maximum atomic E-state index is 13.0. The summed E-state index contributed by atoms with van der Waals surface area (Å²) < 4.78 is 5.32. The fraction of sp³-hybridized carbons (Fsp3) is 0.0400. The zero-order valence-electron chi connectivity index (χ0n) is 16.9. The molecule has 0 aliphatic heterocycles. The van der Waals surface area contributed by atoms with Crippen molar-refractivity contribution >= 4 is 34.5 Å². The number of para-hydroxylation sites is 1. The maximum Gasteiger partial charge on any atom is 0.272 e. The van der Waals surface area contributed by atoms with Crippen LogP contribution < -0.4 is 15.4 Å². The van der Waals surface area contributed by atoms with Gasteiger partial charge < -0.3 is 20.4 Å². The van der Waals surface area contributed by atoms with E-state index >= 15 is 0 Å². The minimum absolute atomic E-state index is 0.126. The van der Waals surface area contributed by atoms with E-state index in [9.17, 15) is 9.59 Å². The first-order valence-corrected chi connectivity index (χ1v) is 9.73. The summed E-state index contributed by atoms with van der Waals surface area (Å²) in [5.41, 5.74) is 2.86. The first-order chi connectivity index (χ1) is 15.1. The van der Waals surface area contributed by atoms with Crippen LogP contribution in [-0.2, 0) is 4.79 Å². The maximum absolute atomic E-state index is 13.0. The second-order valence-electron chi connectivity index (χ2n) is 6.85. The van der Waals surface area contributed by atoms with Crippen molar-refractivity contribution in [2.24, 2.45) is 0 Å². The standard InChI is InChI=1S/C25H21N3O3/c1-31-20-12-13-22-21(15-20)18(16-26-22)14-23(25(30)27-19-10-6-3-7-11-19)28-24(29)17-8-4-2-5-9-17/h2-16,26H,1H3,(H,27,30)(H,28,29).